The molecule has 1 N–H and O–H groups in total. The first-order valence-electron chi connectivity index (χ1n) is 6.19. The van der Waals surface area contributed by atoms with Gasteiger partial charge in [0, 0.05) is 17.1 Å². The van der Waals surface area contributed by atoms with Crippen LogP contribution in [0.25, 0.3) is 22.3 Å². The third-order valence-corrected chi connectivity index (χ3v) is 3.68. The zero-order valence-electron chi connectivity index (χ0n) is 10.9. The molecule has 0 bridgehead atoms. The van der Waals surface area contributed by atoms with E-state index >= 15 is 0 Å². The summed E-state index contributed by atoms with van der Waals surface area (Å²) in [7, 11) is 0. The monoisotopic (exact) mass is 301 g/mol. The van der Waals surface area contributed by atoms with Gasteiger partial charge in [-0.05, 0) is 24.3 Å². The number of pyridine rings is 1. The van der Waals surface area contributed by atoms with Crippen LogP contribution < -0.4 is 0 Å². The minimum Gasteiger partial charge on any atom is -0.481 e. The van der Waals surface area contributed by atoms with E-state index in [1.807, 2.05) is 30.3 Å². The number of carbonyl (C=O) groups is 1. The Morgan fingerprint density at radius 3 is 3.10 bits per heavy atom. The number of benzene rings is 1. The summed E-state index contributed by atoms with van der Waals surface area (Å²) in [5.41, 5.74) is 1.75. The summed E-state index contributed by atoms with van der Waals surface area (Å²) in [6.07, 6.45) is 1.74. The molecular weight excluding hydrogens is 290 g/mol. The lowest BCUT2D eigenvalue weighted by atomic mass is 10.1. The molecule has 0 atom stereocenters. The topological polar surface area (TPSA) is 89.1 Å². The predicted molar refractivity (Wildman–Crippen MR) is 78.8 cm³/mol. The van der Waals surface area contributed by atoms with E-state index in [0.29, 0.717) is 17.5 Å². The van der Waals surface area contributed by atoms with Gasteiger partial charge in [0.1, 0.15) is 0 Å². The highest BCUT2D eigenvalue weighted by molar-refractivity contribution is 7.99. The minimum absolute atomic E-state index is 0.0133. The molecule has 6 nitrogen and oxygen atoms in total. The Bertz CT molecular complexity index is 788. The van der Waals surface area contributed by atoms with Gasteiger partial charge in [-0.2, -0.15) is 4.98 Å². The van der Waals surface area contributed by atoms with Crippen LogP contribution in [0.5, 0.6) is 0 Å². The van der Waals surface area contributed by atoms with Crippen LogP contribution in [0.4, 0.5) is 0 Å². The molecule has 0 fully saturated rings. The summed E-state index contributed by atoms with van der Waals surface area (Å²) in [4.78, 5) is 19.0. The molecule has 0 radical (unpaired) electrons. The lowest BCUT2D eigenvalue weighted by molar-refractivity contribution is -0.133. The number of carboxylic acids is 1. The van der Waals surface area contributed by atoms with Crippen molar-refractivity contribution in [1.82, 2.24) is 15.1 Å². The van der Waals surface area contributed by atoms with Crippen LogP contribution >= 0.6 is 11.8 Å². The number of rotatable bonds is 5. The maximum atomic E-state index is 10.4. The van der Waals surface area contributed by atoms with Gasteiger partial charge < -0.3 is 9.63 Å². The summed E-state index contributed by atoms with van der Waals surface area (Å²) < 4.78 is 5.12. The summed E-state index contributed by atoms with van der Waals surface area (Å²) in [5.74, 6) is 0.448. The molecule has 0 aliphatic carbocycles. The first kappa shape index (κ1) is 13.6. The molecule has 106 valence electrons. The van der Waals surface area contributed by atoms with Crippen LogP contribution in [0.1, 0.15) is 5.89 Å². The molecule has 0 unspecified atom stereocenters. The van der Waals surface area contributed by atoms with E-state index < -0.39 is 5.97 Å². The Balaban J connectivity index is 1.79. The maximum absolute atomic E-state index is 10.4. The van der Waals surface area contributed by atoms with Crippen molar-refractivity contribution < 1.29 is 14.4 Å². The van der Waals surface area contributed by atoms with Crippen molar-refractivity contribution in [1.29, 1.82) is 0 Å². The number of hydrogen-bond donors (Lipinski definition) is 1. The third-order valence-electron chi connectivity index (χ3n) is 2.78. The predicted octanol–water partition coefficient (Wildman–Crippen LogP) is 2.60. The van der Waals surface area contributed by atoms with E-state index in [2.05, 4.69) is 15.1 Å². The first-order chi connectivity index (χ1) is 10.2. The van der Waals surface area contributed by atoms with Crippen LogP contribution in [0, 0.1) is 0 Å². The second-order valence-electron chi connectivity index (χ2n) is 4.31. The van der Waals surface area contributed by atoms with Crippen molar-refractivity contribution in [3.63, 3.8) is 0 Å². The number of aliphatic carboxylic acids is 1. The van der Waals surface area contributed by atoms with Crippen molar-refractivity contribution >= 4 is 28.6 Å². The second kappa shape index (κ2) is 5.92. The van der Waals surface area contributed by atoms with Gasteiger partial charge >= 0.3 is 5.97 Å². The van der Waals surface area contributed by atoms with Crippen LogP contribution in [-0.2, 0) is 10.5 Å². The fourth-order valence-corrected chi connectivity index (χ4v) is 2.44. The average molecular weight is 301 g/mol. The van der Waals surface area contributed by atoms with Crippen molar-refractivity contribution in [2.75, 3.05) is 5.75 Å². The molecular formula is C14H11N3O3S. The molecule has 3 aromatic rings. The van der Waals surface area contributed by atoms with Gasteiger partial charge in [-0.15, -0.1) is 11.8 Å². The standard InChI is InChI=1S/C14H11N3O3S/c18-13(19)8-21-7-12-16-14(17-20-12)10-3-4-11-9(6-10)2-1-5-15-11/h1-6H,7-8H2,(H,18,19). The molecule has 21 heavy (non-hydrogen) atoms. The highest BCUT2D eigenvalue weighted by atomic mass is 32.2. The molecule has 0 amide bonds. The number of fused-ring (bicyclic) bond motifs is 1. The molecule has 0 aliphatic rings. The van der Waals surface area contributed by atoms with E-state index in [4.69, 9.17) is 9.63 Å². The van der Waals surface area contributed by atoms with E-state index in [-0.39, 0.29) is 5.75 Å². The van der Waals surface area contributed by atoms with Crippen LogP contribution in [-0.4, -0.2) is 32.0 Å². The second-order valence-corrected chi connectivity index (χ2v) is 5.29. The van der Waals surface area contributed by atoms with E-state index in [1.54, 1.807) is 6.20 Å². The van der Waals surface area contributed by atoms with E-state index in [9.17, 15) is 4.79 Å². The number of nitrogens with zero attached hydrogens (tertiary/aromatic N) is 3. The molecule has 0 saturated carbocycles. The highest BCUT2D eigenvalue weighted by Gasteiger charge is 2.10. The molecule has 7 heteroatoms. The first-order valence-corrected chi connectivity index (χ1v) is 7.35. The average Bonchev–Trinajstić information content (AvgIpc) is 2.95. The molecule has 1 aromatic carbocycles. The Morgan fingerprint density at radius 2 is 2.24 bits per heavy atom. The van der Waals surface area contributed by atoms with Gasteiger partial charge in [-0.25, -0.2) is 0 Å². The summed E-state index contributed by atoms with van der Waals surface area (Å²) in [5, 5.41) is 13.5. The van der Waals surface area contributed by atoms with Gasteiger partial charge in [0.25, 0.3) is 0 Å². The number of carboxylic acid groups (broad SMARTS) is 1. The highest BCUT2D eigenvalue weighted by Crippen LogP contribution is 2.22. The van der Waals surface area contributed by atoms with Gasteiger partial charge in [0.15, 0.2) is 0 Å². The Kier molecular flexibility index (Phi) is 3.83. The largest absolute Gasteiger partial charge is 0.481 e. The molecule has 0 saturated heterocycles. The normalized spacial score (nSPS) is 10.9. The van der Waals surface area contributed by atoms with Crippen LogP contribution in [0.3, 0.4) is 0 Å². The third kappa shape index (κ3) is 3.19. The van der Waals surface area contributed by atoms with E-state index in [0.717, 1.165) is 16.5 Å². The molecule has 2 aromatic heterocycles. The number of aromatic nitrogens is 3. The van der Waals surface area contributed by atoms with Crippen molar-refractivity contribution in [2.24, 2.45) is 0 Å². The zero-order chi connectivity index (χ0) is 14.7. The summed E-state index contributed by atoms with van der Waals surface area (Å²) in [6.45, 7) is 0. The number of thioether (sulfide) groups is 1. The van der Waals surface area contributed by atoms with Gasteiger partial charge in [0.2, 0.25) is 11.7 Å². The van der Waals surface area contributed by atoms with Crippen molar-refractivity contribution in [3.05, 3.63) is 42.4 Å². The fourth-order valence-electron chi connectivity index (χ4n) is 1.87. The van der Waals surface area contributed by atoms with Crippen molar-refractivity contribution in [2.45, 2.75) is 5.75 Å². The zero-order valence-corrected chi connectivity index (χ0v) is 11.7. The van der Waals surface area contributed by atoms with Crippen LogP contribution in [0.15, 0.2) is 41.1 Å². The minimum atomic E-state index is -0.859. The van der Waals surface area contributed by atoms with E-state index in [1.165, 1.54) is 11.8 Å². The van der Waals surface area contributed by atoms with Gasteiger partial charge in [-0.1, -0.05) is 11.2 Å². The summed E-state index contributed by atoms with van der Waals surface area (Å²) >= 11 is 1.22. The molecule has 0 aliphatic heterocycles. The lowest BCUT2D eigenvalue weighted by Crippen LogP contribution is -1.98. The van der Waals surface area contributed by atoms with Gasteiger partial charge in [-0.3, -0.25) is 9.78 Å². The molecule has 2 heterocycles. The van der Waals surface area contributed by atoms with Crippen molar-refractivity contribution in [3.8, 4) is 11.4 Å². The number of hydrogen-bond acceptors (Lipinski definition) is 6. The fraction of sp³-hybridized carbons (Fsp3) is 0.143. The summed E-state index contributed by atoms with van der Waals surface area (Å²) in [6, 6.07) is 9.57. The Hall–Kier alpha value is -2.41. The molecule has 3 rings (SSSR count). The quantitative estimate of drug-likeness (QED) is 0.774. The van der Waals surface area contributed by atoms with Crippen LogP contribution in [0.2, 0.25) is 0 Å². The smallest absolute Gasteiger partial charge is 0.313 e. The lowest BCUT2D eigenvalue weighted by Gasteiger charge is -1.98. The Labute approximate surface area is 124 Å². The van der Waals surface area contributed by atoms with Gasteiger partial charge in [0.05, 0.1) is 17.0 Å². The molecule has 0 spiro atoms. The SMILES string of the molecule is O=C(O)CSCc1nc(-c2ccc3ncccc3c2)no1. The maximum Gasteiger partial charge on any atom is 0.313 e. The Morgan fingerprint density at radius 1 is 1.33 bits per heavy atom.